The largest absolute Gasteiger partial charge is 0.472 e. The van der Waals surface area contributed by atoms with E-state index in [4.69, 9.17) is 18.5 Å². The maximum Gasteiger partial charge on any atom is 0.472 e. The monoisotopic (exact) mass is 875 g/mol. The molecule has 0 aromatic heterocycles. The molecule has 0 aliphatic heterocycles. The molecule has 0 fully saturated rings. The Balaban J connectivity index is 4.19. The second-order valence-corrected chi connectivity index (χ2v) is 18.5. The Hall–Kier alpha value is -2.32. The summed E-state index contributed by atoms with van der Waals surface area (Å²) in [6.45, 7) is 5.35. The van der Waals surface area contributed by atoms with E-state index < -0.39 is 13.9 Å². The first-order chi connectivity index (χ1) is 29.6. The average Bonchev–Trinajstić information content (AvgIpc) is 3.22. The number of ether oxygens (including phenoxy) is 2. The van der Waals surface area contributed by atoms with Gasteiger partial charge in [-0.15, -0.1) is 0 Å². The Morgan fingerprint density at radius 3 is 1.34 bits per heavy atom. The molecule has 8 nitrogen and oxygen atoms in total. The highest BCUT2D eigenvalue weighted by molar-refractivity contribution is 7.47. The average molecular weight is 875 g/mol. The first-order valence-electron chi connectivity index (χ1n) is 24.3. The van der Waals surface area contributed by atoms with E-state index in [9.17, 15) is 14.3 Å². The molecule has 0 saturated carbocycles. The zero-order valence-corrected chi connectivity index (χ0v) is 40.8. The van der Waals surface area contributed by atoms with E-state index in [0.29, 0.717) is 24.1 Å². The van der Waals surface area contributed by atoms with Crippen LogP contribution in [0.15, 0.2) is 85.1 Å². The van der Waals surface area contributed by atoms with Crippen molar-refractivity contribution in [2.24, 2.45) is 0 Å². The van der Waals surface area contributed by atoms with Crippen molar-refractivity contribution in [3.05, 3.63) is 85.1 Å². The molecule has 0 aromatic rings. The molecule has 0 amide bonds. The summed E-state index contributed by atoms with van der Waals surface area (Å²) < 4.78 is 35.1. The van der Waals surface area contributed by atoms with Crippen LogP contribution in [0, 0.1) is 0 Å². The number of hydrogen-bond acceptors (Lipinski definition) is 6. The van der Waals surface area contributed by atoms with Gasteiger partial charge < -0.3 is 18.9 Å². The number of carbonyl (C=O) groups is 1. The van der Waals surface area contributed by atoms with Crippen LogP contribution in [0.1, 0.15) is 181 Å². The minimum Gasteiger partial charge on any atom is -0.457 e. The van der Waals surface area contributed by atoms with Crippen LogP contribution in [-0.2, 0) is 27.9 Å². The van der Waals surface area contributed by atoms with Crippen molar-refractivity contribution >= 4 is 13.8 Å². The van der Waals surface area contributed by atoms with Gasteiger partial charge in [-0.1, -0.05) is 176 Å². The van der Waals surface area contributed by atoms with Crippen LogP contribution < -0.4 is 0 Å². The third-order valence-corrected chi connectivity index (χ3v) is 10.9. The van der Waals surface area contributed by atoms with Gasteiger partial charge in [-0.2, -0.15) is 0 Å². The van der Waals surface area contributed by atoms with Gasteiger partial charge in [0.15, 0.2) is 0 Å². The Morgan fingerprint density at radius 1 is 0.508 bits per heavy atom. The van der Waals surface area contributed by atoms with Gasteiger partial charge in [0.25, 0.3) is 0 Å². The quantitative estimate of drug-likeness (QED) is 0.0214. The maximum absolute atomic E-state index is 12.8. The number of esters is 1. The van der Waals surface area contributed by atoms with Crippen LogP contribution in [0.5, 0.6) is 0 Å². The smallest absolute Gasteiger partial charge is 0.457 e. The van der Waals surface area contributed by atoms with Gasteiger partial charge in [-0.3, -0.25) is 13.8 Å². The molecule has 9 heteroatoms. The van der Waals surface area contributed by atoms with E-state index in [2.05, 4.69) is 98.9 Å². The second kappa shape index (κ2) is 44.3. The zero-order chi connectivity index (χ0) is 44.8. The summed E-state index contributed by atoms with van der Waals surface area (Å²) in [6, 6.07) is 0. The van der Waals surface area contributed by atoms with Gasteiger partial charge in [-0.05, 0) is 83.5 Å². The number of allylic oxidation sites excluding steroid dienone is 14. The summed E-state index contributed by atoms with van der Waals surface area (Å²) in [5.41, 5.74) is 0. The standard InChI is InChI=1S/C52H92NO7P/c1-6-8-10-12-14-16-18-20-22-24-25-26-27-28-29-30-31-33-35-37-39-41-43-45-52(54)60-51(50-59-61(55,56)58-48-46-53(3,4)5)49-57-47-44-42-40-38-36-34-32-23-21-19-17-15-13-11-9-7-2/h8-11,14-17,20-23,25-26,51H,6-7,12-13,18-19,24,27-50H2,1-5H3/p+1/b10-8-,11-9-,16-14-,17-15-,22-20-,23-21-,26-25-. The minimum atomic E-state index is -4.29. The van der Waals surface area contributed by atoms with Gasteiger partial charge in [-0.25, -0.2) is 4.57 Å². The van der Waals surface area contributed by atoms with E-state index in [0.717, 1.165) is 89.9 Å². The first kappa shape index (κ1) is 58.7. The number of carbonyl (C=O) groups excluding carboxylic acids is 1. The number of rotatable bonds is 44. The number of unbranched alkanes of at least 4 members (excludes halogenated alkanes) is 16. The summed E-state index contributed by atoms with van der Waals surface area (Å²) in [7, 11) is 1.64. The molecule has 0 radical (unpaired) electrons. The van der Waals surface area contributed by atoms with Crippen LogP contribution >= 0.6 is 7.82 Å². The topological polar surface area (TPSA) is 91.3 Å². The lowest BCUT2D eigenvalue weighted by molar-refractivity contribution is -0.870. The molecule has 61 heavy (non-hydrogen) atoms. The number of nitrogens with zero attached hydrogens (tertiary/aromatic N) is 1. The lowest BCUT2D eigenvalue weighted by atomic mass is 10.0. The van der Waals surface area contributed by atoms with Crippen LogP contribution in [0.2, 0.25) is 0 Å². The maximum atomic E-state index is 12.8. The summed E-state index contributed by atoms with van der Waals surface area (Å²) in [4.78, 5) is 23.0. The van der Waals surface area contributed by atoms with Crippen molar-refractivity contribution in [3.63, 3.8) is 0 Å². The highest BCUT2D eigenvalue weighted by Gasteiger charge is 2.26. The zero-order valence-electron chi connectivity index (χ0n) is 39.9. The fourth-order valence-corrected chi connectivity index (χ4v) is 7.01. The van der Waals surface area contributed by atoms with E-state index in [1.807, 2.05) is 21.1 Å². The van der Waals surface area contributed by atoms with E-state index in [-0.39, 0.29) is 25.8 Å². The molecule has 0 aromatic carbocycles. The predicted octanol–water partition coefficient (Wildman–Crippen LogP) is 14.8. The lowest BCUT2D eigenvalue weighted by Gasteiger charge is -2.24. The molecule has 0 aliphatic rings. The molecule has 0 saturated heterocycles. The Kier molecular flexibility index (Phi) is 42.6. The Morgan fingerprint density at radius 2 is 0.902 bits per heavy atom. The number of likely N-dealkylation sites (N-methyl/N-ethyl adjacent to an activating group) is 1. The molecule has 0 heterocycles. The molecular formula is C52H93NO7P+. The minimum absolute atomic E-state index is 0.0806. The molecule has 2 unspecified atom stereocenters. The molecule has 0 rings (SSSR count). The van der Waals surface area contributed by atoms with Crippen LogP contribution in [0.3, 0.4) is 0 Å². The Labute approximate surface area is 375 Å². The molecule has 1 N–H and O–H groups in total. The molecule has 0 bridgehead atoms. The molecular weight excluding hydrogens is 782 g/mol. The molecule has 0 aliphatic carbocycles. The number of hydrogen-bond donors (Lipinski definition) is 1. The number of quaternary nitrogens is 1. The van der Waals surface area contributed by atoms with Gasteiger partial charge in [0, 0.05) is 13.0 Å². The third-order valence-electron chi connectivity index (χ3n) is 9.95. The third kappa shape index (κ3) is 48.6. The SMILES string of the molecule is CC/C=C\C/C=C\C/C=C\C/C=C\CCCCCCCCCCCCC(=O)OC(COCCCCCCCC/C=C\C/C=C\C/C=C\CC)COP(=O)(O)OCC[N+](C)(C)C. The van der Waals surface area contributed by atoms with Crippen LogP contribution in [0.4, 0.5) is 0 Å². The van der Waals surface area contributed by atoms with Crippen molar-refractivity contribution in [2.75, 3.05) is 54.1 Å². The normalized spacial score (nSPS) is 14.4. The summed E-state index contributed by atoms with van der Waals surface area (Å²) in [5, 5.41) is 0. The fourth-order valence-electron chi connectivity index (χ4n) is 6.26. The van der Waals surface area contributed by atoms with Gasteiger partial charge >= 0.3 is 13.8 Å². The lowest BCUT2D eigenvalue weighted by Crippen LogP contribution is -2.37. The second-order valence-electron chi connectivity index (χ2n) is 17.1. The van der Waals surface area contributed by atoms with Crippen LogP contribution in [0.25, 0.3) is 0 Å². The molecule has 2 atom stereocenters. The molecule has 0 spiro atoms. The Bertz CT molecular complexity index is 1250. The van der Waals surface area contributed by atoms with Crippen molar-refractivity contribution in [2.45, 2.75) is 187 Å². The highest BCUT2D eigenvalue weighted by Crippen LogP contribution is 2.43. The highest BCUT2D eigenvalue weighted by atomic mass is 31.2. The van der Waals surface area contributed by atoms with Crippen LogP contribution in [-0.4, -0.2) is 75.6 Å². The van der Waals surface area contributed by atoms with Crippen molar-refractivity contribution in [1.29, 1.82) is 0 Å². The van der Waals surface area contributed by atoms with Crippen molar-refractivity contribution in [3.8, 4) is 0 Å². The summed E-state index contributed by atoms with van der Waals surface area (Å²) >= 11 is 0. The number of phosphoric ester groups is 1. The fraction of sp³-hybridized carbons (Fsp3) is 0.712. The first-order valence-corrected chi connectivity index (χ1v) is 25.8. The van der Waals surface area contributed by atoms with Gasteiger partial charge in [0.2, 0.25) is 0 Å². The predicted molar refractivity (Wildman–Crippen MR) is 261 cm³/mol. The van der Waals surface area contributed by atoms with E-state index in [1.54, 1.807) is 0 Å². The summed E-state index contributed by atoms with van der Waals surface area (Å²) in [5.74, 6) is -0.327. The van der Waals surface area contributed by atoms with Gasteiger partial charge in [0.1, 0.15) is 19.3 Å². The van der Waals surface area contributed by atoms with E-state index >= 15 is 0 Å². The van der Waals surface area contributed by atoms with Crippen molar-refractivity contribution in [1.82, 2.24) is 0 Å². The molecule has 352 valence electrons. The van der Waals surface area contributed by atoms with Crippen molar-refractivity contribution < 1.29 is 37.3 Å². The number of phosphoric acid groups is 1. The van der Waals surface area contributed by atoms with Gasteiger partial charge in [0.05, 0.1) is 34.4 Å². The summed E-state index contributed by atoms with van der Waals surface area (Å²) in [6.07, 6.45) is 59.1. The van der Waals surface area contributed by atoms with E-state index in [1.165, 1.54) is 70.6 Å².